The molecule has 1 amide bonds. The molecule has 1 aliphatic heterocycles. The molecule has 1 saturated heterocycles. The number of anilines is 1. The lowest BCUT2D eigenvalue weighted by Crippen LogP contribution is -2.51. The van der Waals surface area contributed by atoms with Crippen LogP contribution in [0.1, 0.15) is 0 Å². The Morgan fingerprint density at radius 3 is 2.42 bits per heavy atom. The number of benzene rings is 1. The third kappa shape index (κ3) is 4.32. The van der Waals surface area contributed by atoms with Crippen molar-refractivity contribution in [1.82, 2.24) is 9.21 Å². The van der Waals surface area contributed by atoms with Crippen LogP contribution in [0.2, 0.25) is 10.0 Å². The lowest BCUT2D eigenvalue weighted by atomic mass is 10.3. The van der Waals surface area contributed by atoms with Crippen LogP contribution < -0.4 is 5.32 Å². The Labute approximate surface area is 150 Å². The van der Waals surface area contributed by atoms with Gasteiger partial charge in [0, 0.05) is 37.7 Å². The van der Waals surface area contributed by atoms with Gasteiger partial charge in [-0.25, -0.2) is 8.42 Å². The van der Waals surface area contributed by atoms with E-state index in [0.29, 0.717) is 18.8 Å². The van der Waals surface area contributed by atoms with Crippen molar-refractivity contribution >= 4 is 44.8 Å². The molecular formula is C14H17Cl2N3O4S. The van der Waals surface area contributed by atoms with Gasteiger partial charge in [0.25, 0.3) is 0 Å². The zero-order valence-corrected chi connectivity index (χ0v) is 15.0. The summed E-state index contributed by atoms with van der Waals surface area (Å²) >= 11 is 11.7. The van der Waals surface area contributed by atoms with E-state index in [-0.39, 0.29) is 41.3 Å². The van der Waals surface area contributed by atoms with Gasteiger partial charge in [-0.05, 0) is 6.07 Å². The molecule has 0 aromatic heterocycles. The van der Waals surface area contributed by atoms with Gasteiger partial charge in [-0.2, -0.15) is 4.31 Å². The van der Waals surface area contributed by atoms with Crippen molar-refractivity contribution in [2.75, 3.05) is 38.0 Å². The van der Waals surface area contributed by atoms with Crippen molar-refractivity contribution in [3.63, 3.8) is 0 Å². The monoisotopic (exact) mass is 393 g/mol. The summed E-state index contributed by atoms with van der Waals surface area (Å²) in [6.07, 6.45) is 0. The maximum Gasteiger partial charge on any atom is 0.241 e. The zero-order chi connectivity index (χ0) is 17.9. The summed E-state index contributed by atoms with van der Waals surface area (Å²) in [4.78, 5) is 13.7. The summed E-state index contributed by atoms with van der Waals surface area (Å²) in [6, 6.07) is 2.72. The molecule has 1 heterocycles. The van der Waals surface area contributed by atoms with Crippen LogP contribution in [0.5, 0.6) is 5.75 Å². The fourth-order valence-electron chi connectivity index (χ4n) is 2.26. The number of sulfonamides is 1. The third-order valence-electron chi connectivity index (χ3n) is 3.63. The number of carbonyl (C=O) groups excluding carboxylic acids is 1. The number of nitrogens with one attached hydrogen (secondary N) is 1. The largest absolute Gasteiger partial charge is 0.506 e. The highest BCUT2D eigenvalue weighted by molar-refractivity contribution is 7.92. The second-order valence-corrected chi connectivity index (χ2v) is 7.82. The first-order valence-electron chi connectivity index (χ1n) is 7.07. The average Bonchev–Trinajstić information content (AvgIpc) is 2.56. The number of halogens is 2. The Bertz CT molecular complexity index is 747. The minimum Gasteiger partial charge on any atom is -0.506 e. The molecule has 24 heavy (non-hydrogen) atoms. The molecule has 132 valence electrons. The predicted octanol–water partition coefficient (Wildman–Crippen LogP) is 1.73. The molecule has 2 N–H and O–H groups in total. The fraction of sp³-hybridized carbons (Fsp3) is 0.357. The van der Waals surface area contributed by atoms with Crippen LogP contribution in [0.3, 0.4) is 0 Å². The Morgan fingerprint density at radius 1 is 1.25 bits per heavy atom. The average molecular weight is 394 g/mol. The molecular weight excluding hydrogens is 377 g/mol. The first kappa shape index (κ1) is 18.9. The van der Waals surface area contributed by atoms with Gasteiger partial charge in [0.05, 0.1) is 22.3 Å². The minimum absolute atomic E-state index is 0.0558. The quantitative estimate of drug-likeness (QED) is 0.743. The van der Waals surface area contributed by atoms with Gasteiger partial charge in [0.1, 0.15) is 5.75 Å². The number of phenols is 1. The Hall–Kier alpha value is -1.48. The molecule has 2 rings (SSSR count). The van der Waals surface area contributed by atoms with E-state index in [1.54, 1.807) is 4.90 Å². The first-order valence-corrected chi connectivity index (χ1v) is 9.33. The number of piperazine rings is 1. The molecule has 1 fully saturated rings. The Balaban J connectivity index is 1.91. The lowest BCUT2D eigenvalue weighted by molar-refractivity contribution is -0.130. The summed E-state index contributed by atoms with van der Waals surface area (Å²) < 4.78 is 24.6. The number of amides is 1. The molecule has 0 saturated carbocycles. The molecule has 0 unspecified atom stereocenters. The number of hydrogen-bond donors (Lipinski definition) is 2. The molecule has 0 radical (unpaired) electrons. The third-order valence-corrected chi connectivity index (χ3v) is 5.86. The highest BCUT2D eigenvalue weighted by atomic mass is 35.5. The van der Waals surface area contributed by atoms with Crippen LogP contribution in [0, 0.1) is 0 Å². The summed E-state index contributed by atoms with van der Waals surface area (Å²) in [6.45, 7) is 4.25. The van der Waals surface area contributed by atoms with Crippen LogP contribution in [-0.4, -0.2) is 61.4 Å². The summed E-state index contributed by atoms with van der Waals surface area (Å²) in [5.41, 5.74) is 0.297. The first-order chi connectivity index (χ1) is 11.2. The SMILES string of the molecule is C=CS(=O)(=O)N1CCN(C(=O)CNc2cc(Cl)c(Cl)cc2O)CC1. The van der Waals surface area contributed by atoms with Crippen LogP contribution >= 0.6 is 23.2 Å². The molecule has 1 aromatic rings. The van der Waals surface area contributed by atoms with Gasteiger partial charge in [-0.1, -0.05) is 29.8 Å². The lowest BCUT2D eigenvalue weighted by Gasteiger charge is -2.33. The number of carbonyl (C=O) groups is 1. The molecule has 0 bridgehead atoms. The molecule has 1 aliphatic rings. The highest BCUT2D eigenvalue weighted by Gasteiger charge is 2.26. The smallest absolute Gasteiger partial charge is 0.241 e. The van der Waals surface area contributed by atoms with Crippen molar-refractivity contribution in [2.24, 2.45) is 0 Å². The van der Waals surface area contributed by atoms with Crippen molar-refractivity contribution in [3.8, 4) is 5.75 Å². The van der Waals surface area contributed by atoms with Gasteiger partial charge in [0.15, 0.2) is 0 Å². The molecule has 0 spiro atoms. The second-order valence-electron chi connectivity index (χ2n) is 5.13. The maximum absolute atomic E-state index is 12.2. The van der Waals surface area contributed by atoms with Crippen molar-refractivity contribution in [2.45, 2.75) is 0 Å². The number of hydrogen-bond acceptors (Lipinski definition) is 5. The molecule has 7 nitrogen and oxygen atoms in total. The van der Waals surface area contributed by atoms with Crippen LogP contribution in [0.25, 0.3) is 0 Å². The number of aromatic hydroxyl groups is 1. The van der Waals surface area contributed by atoms with Crippen LogP contribution in [0.15, 0.2) is 24.1 Å². The van der Waals surface area contributed by atoms with Crippen molar-refractivity contribution in [1.29, 1.82) is 0 Å². The summed E-state index contributed by atoms with van der Waals surface area (Å²) in [7, 11) is -3.46. The van der Waals surface area contributed by atoms with Gasteiger partial charge >= 0.3 is 0 Å². The Morgan fingerprint density at radius 2 is 1.83 bits per heavy atom. The highest BCUT2D eigenvalue weighted by Crippen LogP contribution is 2.33. The van der Waals surface area contributed by atoms with Gasteiger partial charge < -0.3 is 15.3 Å². The standard InChI is InChI=1S/C14H17Cl2N3O4S/c1-2-24(22,23)19-5-3-18(4-6-19)14(21)9-17-12-7-10(15)11(16)8-13(12)20/h2,7-8,17,20H,1,3-6,9H2. The molecule has 10 heteroatoms. The van der Waals surface area contributed by atoms with E-state index in [9.17, 15) is 18.3 Å². The van der Waals surface area contributed by atoms with E-state index in [0.717, 1.165) is 5.41 Å². The minimum atomic E-state index is -3.46. The molecule has 1 aromatic carbocycles. The van der Waals surface area contributed by atoms with E-state index < -0.39 is 10.0 Å². The van der Waals surface area contributed by atoms with Gasteiger partial charge in [0.2, 0.25) is 15.9 Å². The van der Waals surface area contributed by atoms with E-state index >= 15 is 0 Å². The zero-order valence-electron chi connectivity index (χ0n) is 12.7. The van der Waals surface area contributed by atoms with E-state index in [1.807, 2.05) is 0 Å². The fourth-order valence-corrected chi connectivity index (χ4v) is 3.46. The van der Waals surface area contributed by atoms with Crippen molar-refractivity contribution < 1.29 is 18.3 Å². The molecule has 0 atom stereocenters. The second kappa shape index (κ2) is 7.60. The predicted molar refractivity (Wildman–Crippen MR) is 93.9 cm³/mol. The van der Waals surface area contributed by atoms with Crippen LogP contribution in [0.4, 0.5) is 5.69 Å². The van der Waals surface area contributed by atoms with Crippen molar-refractivity contribution in [3.05, 3.63) is 34.2 Å². The summed E-state index contributed by atoms with van der Waals surface area (Å²) in [5, 5.41) is 13.9. The normalized spacial score (nSPS) is 16.0. The van der Waals surface area contributed by atoms with E-state index in [2.05, 4.69) is 11.9 Å². The number of phenolic OH excluding ortho intramolecular Hbond substituents is 1. The maximum atomic E-state index is 12.2. The van der Waals surface area contributed by atoms with Gasteiger partial charge in [-0.15, -0.1) is 0 Å². The summed E-state index contributed by atoms with van der Waals surface area (Å²) in [5.74, 6) is -0.324. The topological polar surface area (TPSA) is 90.0 Å². The molecule has 0 aliphatic carbocycles. The van der Waals surface area contributed by atoms with Crippen LogP contribution in [-0.2, 0) is 14.8 Å². The number of rotatable bonds is 5. The Kier molecular flexibility index (Phi) is 5.97. The van der Waals surface area contributed by atoms with E-state index in [1.165, 1.54) is 16.4 Å². The van der Waals surface area contributed by atoms with Gasteiger partial charge in [-0.3, -0.25) is 4.79 Å². The van der Waals surface area contributed by atoms with E-state index in [4.69, 9.17) is 23.2 Å². The number of nitrogens with zero attached hydrogens (tertiary/aromatic N) is 2.